The number of esters is 1. The molecule has 0 radical (unpaired) electrons. The Morgan fingerprint density at radius 2 is 1.75 bits per heavy atom. The van der Waals surface area contributed by atoms with Crippen molar-refractivity contribution in [1.29, 1.82) is 0 Å². The van der Waals surface area contributed by atoms with Gasteiger partial charge in [-0.3, -0.25) is 4.79 Å². The number of benzene rings is 2. The van der Waals surface area contributed by atoms with Crippen LogP contribution >= 0.6 is 0 Å². The van der Waals surface area contributed by atoms with Crippen molar-refractivity contribution >= 4 is 17.7 Å². The third kappa shape index (κ3) is 7.72. The number of nitrogens with two attached hydrogens (primary N) is 1. The highest BCUT2D eigenvalue weighted by atomic mass is 19.4. The first-order valence-electron chi connectivity index (χ1n) is 16.1. The molecule has 2 aromatic heterocycles. The zero-order valence-electron chi connectivity index (χ0n) is 27.5. The van der Waals surface area contributed by atoms with E-state index < -0.39 is 47.3 Å². The summed E-state index contributed by atoms with van der Waals surface area (Å²) in [7, 11) is 0. The van der Waals surface area contributed by atoms with E-state index in [1.165, 1.54) is 24.4 Å². The number of carbonyl (C=O) groups excluding carboxylic acids is 1. The Hall–Kier alpha value is -4.93. The van der Waals surface area contributed by atoms with Crippen molar-refractivity contribution in [3.05, 3.63) is 77.4 Å². The highest BCUT2D eigenvalue weighted by Crippen LogP contribution is 2.43. The van der Waals surface area contributed by atoms with E-state index in [4.69, 9.17) is 15.2 Å². The van der Waals surface area contributed by atoms with Crippen molar-refractivity contribution in [3.63, 3.8) is 0 Å². The lowest BCUT2D eigenvalue weighted by atomic mass is 9.76. The van der Waals surface area contributed by atoms with Crippen LogP contribution in [0.15, 0.2) is 54.7 Å². The number of hydrogen-bond acceptors (Lipinski definition) is 9. The van der Waals surface area contributed by atoms with Crippen molar-refractivity contribution in [1.82, 2.24) is 25.1 Å². The molecule has 2 aromatic carbocycles. The van der Waals surface area contributed by atoms with E-state index in [1.807, 2.05) is 4.90 Å². The Balaban J connectivity index is 1.30. The number of alkyl halides is 6. The number of nitrogen functional groups attached to an aromatic ring is 1. The van der Waals surface area contributed by atoms with E-state index in [1.54, 1.807) is 19.9 Å². The molecule has 1 unspecified atom stereocenters. The molecule has 3 N–H and O–H groups in total. The van der Waals surface area contributed by atoms with E-state index >= 15 is 0 Å². The van der Waals surface area contributed by atoms with Gasteiger partial charge < -0.3 is 25.4 Å². The van der Waals surface area contributed by atoms with Crippen molar-refractivity contribution < 1.29 is 45.0 Å². The predicted octanol–water partition coefficient (Wildman–Crippen LogP) is 6.57. The highest BCUT2D eigenvalue weighted by Gasteiger charge is 2.46. The van der Waals surface area contributed by atoms with Gasteiger partial charge in [0, 0.05) is 37.5 Å². The van der Waals surface area contributed by atoms with Gasteiger partial charge in [-0.2, -0.15) is 41.4 Å². The largest absolute Gasteiger partial charge is 0.465 e. The maximum Gasteiger partial charge on any atom is 0.429 e. The maximum absolute atomic E-state index is 14.9. The fourth-order valence-electron chi connectivity index (χ4n) is 6.61. The molecule has 0 bridgehead atoms. The van der Waals surface area contributed by atoms with E-state index in [0.29, 0.717) is 56.7 Å². The molecule has 6 rings (SSSR count). The first-order valence-corrected chi connectivity index (χ1v) is 16.1. The smallest absolute Gasteiger partial charge is 0.429 e. The maximum atomic E-state index is 14.9. The molecule has 2 fully saturated rings. The number of anilines is 2. The second-order valence-corrected chi connectivity index (χ2v) is 12.7. The summed E-state index contributed by atoms with van der Waals surface area (Å²) in [4.78, 5) is 22.3. The summed E-state index contributed by atoms with van der Waals surface area (Å²) < 4.78 is 111. The molecule has 2 atom stereocenters. The number of halogens is 7. The predicted molar refractivity (Wildman–Crippen MR) is 171 cm³/mol. The summed E-state index contributed by atoms with van der Waals surface area (Å²) in [6.45, 7) is 5.23. The third-order valence-corrected chi connectivity index (χ3v) is 9.21. The zero-order chi connectivity index (χ0) is 36.7. The van der Waals surface area contributed by atoms with Crippen molar-refractivity contribution in [3.8, 4) is 22.7 Å². The van der Waals surface area contributed by atoms with Crippen LogP contribution in [-0.4, -0.2) is 64.2 Å². The quantitative estimate of drug-likeness (QED) is 0.154. The molecule has 2 aliphatic rings. The molecular formula is C34H34F7N7O3. The molecule has 17 heteroatoms. The normalized spacial score (nSPS) is 18.2. The van der Waals surface area contributed by atoms with Gasteiger partial charge in [-0.25, -0.2) is 9.07 Å². The number of nitrogens with one attached hydrogen (secondary N) is 1. The molecule has 0 amide bonds. The van der Waals surface area contributed by atoms with Crippen LogP contribution in [0.5, 0.6) is 5.88 Å². The fraction of sp³-hybridized carbons (Fsp3) is 0.412. The minimum Gasteiger partial charge on any atom is -0.465 e. The Kier molecular flexibility index (Phi) is 9.61. The van der Waals surface area contributed by atoms with E-state index in [0.717, 1.165) is 16.8 Å². The lowest BCUT2D eigenvalue weighted by Crippen LogP contribution is -2.41. The number of rotatable bonds is 8. The number of hydrogen-bond donors (Lipinski definition) is 2. The molecule has 0 saturated carbocycles. The van der Waals surface area contributed by atoms with Gasteiger partial charge >= 0.3 is 18.3 Å². The number of aryl methyl sites for hydroxylation is 1. The van der Waals surface area contributed by atoms with Crippen molar-refractivity contribution in [2.24, 2.45) is 5.41 Å². The molecule has 51 heavy (non-hydrogen) atoms. The SMILES string of the molecule is CCOC(=O)C1CC2(CCN(c3cc(O[C@H](c4ccc(-c5ccc(F)c(C(F)(F)F)c5)cc4-n4ccc(C)n4)C(F)(F)F)nc(N)n3)CC2)CN1. The Morgan fingerprint density at radius 1 is 1.04 bits per heavy atom. The molecule has 10 nitrogen and oxygen atoms in total. The average molecular weight is 722 g/mol. The standard InChI is InChI=1S/C34H34F7N7O3/c1-3-50-30(49)25-17-32(18-43-25)9-12-47(13-10-32)27-16-28(45-31(42)44-27)51-29(34(39,40)41)22-6-4-21(15-26(22)48-11-8-19(2)46-48)20-5-7-24(35)23(14-20)33(36,37)38/h4-8,11,14-16,25,29,43H,3,9-10,12-13,17-18H2,1-2H3,(H2,42,44,45)/t25?,29-/m1/s1. The summed E-state index contributed by atoms with van der Waals surface area (Å²) in [6, 6.07) is 8.25. The number of aromatic nitrogens is 4. The minimum absolute atomic E-state index is 0.0776. The van der Waals surface area contributed by atoms with E-state index in [-0.39, 0.29) is 46.6 Å². The summed E-state index contributed by atoms with van der Waals surface area (Å²) in [5.74, 6) is -2.29. The lowest BCUT2D eigenvalue weighted by molar-refractivity contribution is -0.198. The summed E-state index contributed by atoms with van der Waals surface area (Å²) in [5, 5.41) is 7.47. The lowest BCUT2D eigenvalue weighted by Gasteiger charge is -2.39. The first kappa shape index (κ1) is 35.9. The van der Waals surface area contributed by atoms with Gasteiger partial charge in [0.05, 0.1) is 23.6 Å². The molecule has 4 aromatic rings. The number of ether oxygens (including phenoxy) is 2. The Labute approximate surface area is 287 Å². The molecule has 0 aliphatic carbocycles. The van der Waals surface area contributed by atoms with Gasteiger partial charge in [0.25, 0.3) is 0 Å². The second kappa shape index (κ2) is 13.7. The van der Waals surface area contributed by atoms with Gasteiger partial charge in [-0.05, 0) is 73.9 Å². The van der Waals surface area contributed by atoms with Gasteiger partial charge in [-0.1, -0.05) is 18.2 Å². The van der Waals surface area contributed by atoms with Gasteiger partial charge in [0.1, 0.15) is 17.7 Å². The monoisotopic (exact) mass is 721 g/mol. The fourth-order valence-corrected chi connectivity index (χ4v) is 6.61. The summed E-state index contributed by atoms with van der Waals surface area (Å²) in [6.07, 6.45) is -9.27. The second-order valence-electron chi connectivity index (χ2n) is 12.7. The number of carbonyl (C=O) groups is 1. The van der Waals surface area contributed by atoms with E-state index in [9.17, 15) is 35.5 Å². The molecule has 4 heterocycles. The zero-order valence-corrected chi connectivity index (χ0v) is 27.5. The molecule has 2 aliphatic heterocycles. The van der Waals surface area contributed by atoms with Gasteiger partial charge in [0.15, 0.2) is 0 Å². The van der Waals surface area contributed by atoms with Gasteiger partial charge in [-0.15, -0.1) is 0 Å². The minimum atomic E-state index is -5.01. The first-order chi connectivity index (χ1) is 24.0. The summed E-state index contributed by atoms with van der Waals surface area (Å²) >= 11 is 0. The molecule has 2 saturated heterocycles. The molecule has 272 valence electrons. The van der Waals surface area contributed by atoms with Crippen LogP contribution in [0, 0.1) is 18.2 Å². The van der Waals surface area contributed by atoms with Crippen LogP contribution in [0.4, 0.5) is 42.5 Å². The molecule has 1 spiro atoms. The Morgan fingerprint density at radius 3 is 2.39 bits per heavy atom. The van der Waals surface area contributed by atoms with E-state index in [2.05, 4.69) is 20.4 Å². The topological polar surface area (TPSA) is 120 Å². The van der Waals surface area contributed by atoms with Gasteiger partial charge in [0.2, 0.25) is 17.9 Å². The summed E-state index contributed by atoms with van der Waals surface area (Å²) in [5.41, 5.74) is 4.18. The highest BCUT2D eigenvalue weighted by molar-refractivity contribution is 5.76. The van der Waals surface area contributed by atoms with Crippen LogP contribution in [0.3, 0.4) is 0 Å². The van der Waals surface area contributed by atoms with Crippen LogP contribution in [-0.2, 0) is 15.7 Å². The van der Waals surface area contributed by atoms with Crippen LogP contribution < -0.4 is 20.7 Å². The molecular weight excluding hydrogens is 687 g/mol. The number of nitrogens with zero attached hydrogens (tertiary/aromatic N) is 5. The van der Waals surface area contributed by atoms with Crippen molar-refractivity contribution in [2.45, 2.75) is 57.6 Å². The van der Waals surface area contributed by atoms with Crippen molar-refractivity contribution in [2.75, 3.05) is 36.9 Å². The van der Waals surface area contributed by atoms with Crippen LogP contribution in [0.1, 0.15) is 49.1 Å². The number of piperidine rings is 1. The van der Waals surface area contributed by atoms with Crippen LogP contribution in [0.25, 0.3) is 16.8 Å². The average Bonchev–Trinajstić information content (AvgIpc) is 3.69. The third-order valence-electron chi connectivity index (χ3n) is 9.21. The van der Waals surface area contributed by atoms with Crippen LogP contribution in [0.2, 0.25) is 0 Å². The Bertz CT molecular complexity index is 1910.